The van der Waals surface area contributed by atoms with Gasteiger partial charge in [-0.25, -0.2) is 0 Å². The highest BCUT2D eigenvalue weighted by molar-refractivity contribution is 6.06. The SMILES string of the molecule is CCCC(C(=O)c1cc(C(=O)C(C)C)c(O)cc1O)C1CC(O)C2(OC2CC)C(O)O1. The molecule has 8 heteroatoms. The highest BCUT2D eigenvalue weighted by atomic mass is 16.7. The standard InChI is InChI=1S/C23H32O8/c1-5-7-12(17-10-18(26)23(22(29)30-17)19(6-2)31-23)21(28)14-8-13(20(27)11(3)4)15(24)9-16(14)25/h8-9,11-12,17-19,22,24-26,29H,5-7,10H2,1-4H3. The fourth-order valence-corrected chi connectivity index (χ4v) is 4.56. The summed E-state index contributed by atoms with van der Waals surface area (Å²) in [6.45, 7) is 7.12. The van der Waals surface area contributed by atoms with Gasteiger partial charge in [0.2, 0.25) is 0 Å². The monoisotopic (exact) mass is 436 g/mol. The Labute approximate surface area is 181 Å². The van der Waals surface area contributed by atoms with E-state index in [0.717, 1.165) is 6.07 Å². The Balaban J connectivity index is 1.90. The molecule has 0 amide bonds. The number of aliphatic hydroxyl groups excluding tert-OH is 2. The number of aromatic hydroxyl groups is 2. The summed E-state index contributed by atoms with van der Waals surface area (Å²) in [7, 11) is 0. The molecule has 0 saturated carbocycles. The van der Waals surface area contributed by atoms with E-state index in [1.165, 1.54) is 6.07 Å². The molecule has 2 aliphatic heterocycles. The van der Waals surface area contributed by atoms with Crippen LogP contribution in [-0.4, -0.2) is 62.2 Å². The Morgan fingerprint density at radius 1 is 1.10 bits per heavy atom. The van der Waals surface area contributed by atoms with E-state index in [9.17, 15) is 30.0 Å². The lowest BCUT2D eigenvalue weighted by Gasteiger charge is -2.39. The number of phenols is 2. The number of phenolic OH excluding ortho intramolecular Hbond substituents is 2. The van der Waals surface area contributed by atoms with Gasteiger partial charge in [-0.15, -0.1) is 0 Å². The quantitative estimate of drug-likeness (QED) is 0.360. The van der Waals surface area contributed by atoms with E-state index < -0.39 is 53.2 Å². The number of aliphatic hydroxyl groups is 2. The summed E-state index contributed by atoms with van der Waals surface area (Å²) >= 11 is 0. The van der Waals surface area contributed by atoms with E-state index in [-0.39, 0.29) is 29.4 Å². The molecule has 2 fully saturated rings. The molecule has 1 aromatic carbocycles. The summed E-state index contributed by atoms with van der Waals surface area (Å²) in [5.74, 6) is -2.81. The molecule has 172 valence electrons. The number of carbonyl (C=O) groups is 2. The topological polar surface area (TPSA) is 137 Å². The van der Waals surface area contributed by atoms with Gasteiger partial charge in [-0.1, -0.05) is 34.1 Å². The van der Waals surface area contributed by atoms with Crippen molar-refractivity contribution in [1.29, 1.82) is 0 Å². The van der Waals surface area contributed by atoms with E-state index in [2.05, 4.69) is 0 Å². The van der Waals surface area contributed by atoms with Gasteiger partial charge in [0.15, 0.2) is 23.5 Å². The van der Waals surface area contributed by atoms with Crippen LogP contribution in [0.15, 0.2) is 12.1 Å². The zero-order chi connectivity index (χ0) is 23.1. The highest BCUT2D eigenvalue weighted by Gasteiger charge is 2.68. The van der Waals surface area contributed by atoms with Gasteiger partial charge in [0, 0.05) is 24.3 Å². The van der Waals surface area contributed by atoms with Crippen molar-refractivity contribution in [1.82, 2.24) is 0 Å². The predicted octanol–water partition coefficient (Wildman–Crippen LogP) is 2.55. The second-order valence-corrected chi connectivity index (χ2v) is 8.81. The minimum atomic E-state index is -1.37. The normalized spacial score (nSPS) is 31.1. The van der Waals surface area contributed by atoms with Crippen molar-refractivity contribution in [3.8, 4) is 11.5 Å². The molecule has 2 aliphatic rings. The first kappa shape index (κ1) is 23.7. The maximum Gasteiger partial charge on any atom is 0.189 e. The van der Waals surface area contributed by atoms with Crippen LogP contribution in [0.4, 0.5) is 0 Å². The molecule has 2 saturated heterocycles. The van der Waals surface area contributed by atoms with Gasteiger partial charge in [0.1, 0.15) is 11.5 Å². The van der Waals surface area contributed by atoms with Gasteiger partial charge >= 0.3 is 0 Å². The molecule has 0 bridgehead atoms. The molecule has 3 rings (SSSR count). The number of benzene rings is 1. The van der Waals surface area contributed by atoms with E-state index in [1.54, 1.807) is 13.8 Å². The highest BCUT2D eigenvalue weighted by Crippen LogP contribution is 2.50. The maximum absolute atomic E-state index is 13.4. The van der Waals surface area contributed by atoms with Gasteiger partial charge in [-0.05, 0) is 18.9 Å². The maximum atomic E-state index is 13.4. The smallest absolute Gasteiger partial charge is 0.189 e. The summed E-state index contributed by atoms with van der Waals surface area (Å²) in [5, 5.41) is 41.6. The van der Waals surface area contributed by atoms with Gasteiger partial charge < -0.3 is 29.9 Å². The van der Waals surface area contributed by atoms with Gasteiger partial charge in [0.05, 0.1) is 29.4 Å². The molecule has 31 heavy (non-hydrogen) atoms. The molecule has 4 N–H and O–H groups in total. The predicted molar refractivity (Wildman–Crippen MR) is 111 cm³/mol. The molecular formula is C23H32O8. The lowest BCUT2D eigenvalue weighted by molar-refractivity contribution is -0.239. The molecule has 6 atom stereocenters. The molecule has 6 unspecified atom stereocenters. The van der Waals surface area contributed by atoms with Crippen LogP contribution < -0.4 is 0 Å². The third-order valence-corrected chi connectivity index (χ3v) is 6.38. The van der Waals surface area contributed by atoms with E-state index in [4.69, 9.17) is 9.47 Å². The summed E-state index contributed by atoms with van der Waals surface area (Å²) in [5.41, 5.74) is -1.28. The number of epoxide rings is 1. The summed E-state index contributed by atoms with van der Waals surface area (Å²) in [6.07, 6.45) is -1.73. The number of ketones is 2. The lowest BCUT2D eigenvalue weighted by atomic mass is 9.80. The van der Waals surface area contributed by atoms with Crippen molar-refractivity contribution in [2.75, 3.05) is 0 Å². The second-order valence-electron chi connectivity index (χ2n) is 8.81. The Bertz CT molecular complexity index is 836. The molecule has 0 aliphatic carbocycles. The van der Waals surface area contributed by atoms with Crippen LogP contribution in [0.2, 0.25) is 0 Å². The minimum absolute atomic E-state index is 0.0350. The molecule has 0 aromatic heterocycles. The van der Waals surface area contributed by atoms with Crippen LogP contribution >= 0.6 is 0 Å². The van der Waals surface area contributed by atoms with Gasteiger partial charge in [0.25, 0.3) is 0 Å². The summed E-state index contributed by atoms with van der Waals surface area (Å²) in [4.78, 5) is 25.8. The van der Waals surface area contributed by atoms with Crippen LogP contribution in [-0.2, 0) is 9.47 Å². The van der Waals surface area contributed by atoms with Crippen molar-refractivity contribution < 1.29 is 39.5 Å². The summed E-state index contributed by atoms with van der Waals surface area (Å²) < 4.78 is 11.3. The minimum Gasteiger partial charge on any atom is -0.507 e. The third kappa shape index (κ3) is 4.09. The first-order valence-corrected chi connectivity index (χ1v) is 10.9. The van der Waals surface area contributed by atoms with Crippen LogP contribution in [0.25, 0.3) is 0 Å². The first-order chi connectivity index (χ1) is 14.6. The fraction of sp³-hybridized carbons (Fsp3) is 0.652. The Hall–Kier alpha value is -2.00. The van der Waals surface area contributed by atoms with Crippen LogP contribution in [0.5, 0.6) is 11.5 Å². The number of hydrogen-bond donors (Lipinski definition) is 4. The number of Topliss-reactive ketones (excluding diaryl/α,β-unsaturated/α-hetero) is 2. The molecule has 1 aromatic rings. The average Bonchev–Trinajstić information content (AvgIpc) is 3.45. The first-order valence-electron chi connectivity index (χ1n) is 10.9. The fourth-order valence-electron chi connectivity index (χ4n) is 4.56. The molecular weight excluding hydrogens is 404 g/mol. The van der Waals surface area contributed by atoms with Crippen LogP contribution in [0.1, 0.15) is 74.1 Å². The molecule has 1 spiro atoms. The van der Waals surface area contributed by atoms with Crippen LogP contribution in [0, 0.1) is 11.8 Å². The van der Waals surface area contributed by atoms with E-state index in [1.807, 2.05) is 13.8 Å². The van der Waals surface area contributed by atoms with Crippen molar-refractivity contribution >= 4 is 11.6 Å². The Kier molecular flexibility index (Phi) is 6.76. The van der Waals surface area contributed by atoms with Crippen molar-refractivity contribution in [2.24, 2.45) is 11.8 Å². The van der Waals surface area contributed by atoms with Crippen molar-refractivity contribution in [3.05, 3.63) is 23.3 Å². The number of hydrogen-bond acceptors (Lipinski definition) is 8. The lowest BCUT2D eigenvalue weighted by Crippen LogP contribution is -2.55. The zero-order valence-corrected chi connectivity index (χ0v) is 18.4. The largest absolute Gasteiger partial charge is 0.507 e. The number of ether oxygens (including phenoxy) is 2. The van der Waals surface area contributed by atoms with E-state index >= 15 is 0 Å². The summed E-state index contributed by atoms with van der Waals surface area (Å²) in [6, 6.07) is 2.21. The third-order valence-electron chi connectivity index (χ3n) is 6.38. The van der Waals surface area contributed by atoms with Gasteiger partial charge in [-0.2, -0.15) is 0 Å². The van der Waals surface area contributed by atoms with Crippen LogP contribution in [0.3, 0.4) is 0 Å². The molecule has 2 heterocycles. The molecule has 8 nitrogen and oxygen atoms in total. The van der Waals surface area contributed by atoms with Crippen molar-refractivity contribution in [3.63, 3.8) is 0 Å². The Morgan fingerprint density at radius 3 is 2.19 bits per heavy atom. The van der Waals surface area contributed by atoms with Gasteiger partial charge in [-0.3, -0.25) is 9.59 Å². The number of carbonyl (C=O) groups excluding carboxylic acids is 2. The average molecular weight is 437 g/mol. The zero-order valence-electron chi connectivity index (χ0n) is 18.4. The second kappa shape index (κ2) is 8.86. The van der Waals surface area contributed by atoms with E-state index in [0.29, 0.717) is 19.3 Å². The number of rotatable bonds is 8. The molecule has 0 radical (unpaired) electrons. The Morgan fingerprint density at radius 2 is 1.71 bits per heavy atom. The van der Waals surface area contributed by atoms with Crippen molar-refractivity contribution in [2.45, 2.75) is 83.6 Å².